The van der Waals surface area contributed by atoms with Gasteiger partial charge in [-0.25, -0.2) is 8.78 Å². The molecule has 21 heavy (non-hydrogen) atoms. The van der Waals surface area contributed by atoms with E-state index in [2.05, 4.69) is 21.2 Å². The predicted octanol–water partition coefficient (Wildman–Crippen LogP) is 3.88. The Kier molecular flexibility index (Phi) is 4.90. The first kappa shape index (κ1) is 15.4. The molecule has 0 aliphatic carbocycles. The third-order valence-corrected chi connectivity index (χ3v) is 3.57. The molecule has 6 heteroatoms. The van der Waals surface area contributed by atoms with E-state index < -0.39 is 17.5 Å². The van der Waals surface area contributed by atoms with E-state index in [9.17, 15) is 13.6 Å². The molecule has 2 aromatic carbocycles. The van der Waals surface area contributed by atoms with Gasteiger partial charge >= 0.3 is 0 Å². The van der Waals surface area contributed by atoms with Gasteiger partial charge in [0.2, 0.25) is 5.91 Å². The van der Waals surface area contributed by atoms with Crippen LogP contribution in [-0.2, 0) is 11.2 Å². The van der Waals surface area contributed by atoms with Gasteiger partial charge in [0.1, 0.15) is 11.6 Å². The van der Waals surface area contributed by atoms with Crippen LogP contribution in [0.2, 0.25) is 0 Å². The molecule has 0 aromatic heterocycles. The molecule has 110 valence electrons. The molecule has 2 rings (SSSR count). The van der Waals surface area contributed by atoms with Gasteiger partial charge in [-0.05, 0) is 40.0 Å². The first-order valence-electron chi connectivity index (χ1n) is 6.25. The van der Waals surface area contributed by atoms with Gasteiger partial charge in [-0.15, -0.1) is 0 Å². The molecule has 0 heterocycles. The van der Waals surface area contributed by atoms with E-state index in [1.807, 2.05) is 12.1 Å². The van der Waals surface area contributed by atoms with Gasteiger partial charge in [-0.2, -0.15) is 0 Å². The number of nitrogens with one attached hydrogen (secondary N) is 1. The van der Waals surface area contributed by atoms with Gasteiger partial charge < -0.3 is 11.1 Å². The summed E-state index contributed by atoms with van der Waals surface area (Å²) < 4.78 is 26.9. The number of carbonyl (C=O) groups excluding carboxylic acids is 1. The minimum absolute atomic E-state index is 0.00931. The second-order valence-corrected chi connectivity index (χ2v) is 5.35. The molecule has 0 bridgehead atoms. The van der Waals surface area contributed by atoms with Gasteiger partial charge in [0.15, 0.2) is 0 Å². The van der Waals surface area contributed by atoms with Crippen LogP contribution in [0.3, 0.4) is 0 Å². The lowest BCUT2D eigenvalue weighted by Gasteiger charge is -2.08. The number of para-hydroxylation sites is 1. The second kappa shape index (κ2) is 6.67. The highest BCUT2D eigenvalue weighted by molar-refractivity contribution is 9.10. The normalized spacial score (nSPS) is 10.4. The topological polar surface area (TPSA) is 55.1 Å². The fourth-order valence-electron chi connectivity index (χ4n) is 1.84. The Balaban J connectivity index is 1.99. The molecule has 0 saturated carbocycles. The largest absolute Gasteiger partial charge is 0.399 e. The van der Waals surface area contributed by atoms with Crippen molar-refractivity contribution in [3.05, 3.63) is 58.1 Å². The van der Waals surface area contributed by atoms with E-state index in [1.54, 1.807) is 12.1 Å². The monoisotopic (exact) mass is 354 g/mol. The van der Waals surface area contributed by atoms with Gasteiger partial charge in [0, 0.05) is 18.2 Å². The fraction of sp³-hybridized carbons (Fsp3) is 0.133. The summed E-state index contributed by atoms with van der Waals surface area (Å²) in [6.45, 7) is 0. The van der Waals surface area contributed by atoms with Gasteiger partial charge in [0.05, 0.1) is 10.2 Å². The number of amides is 1. The van der Waals surface area contributed by atoms with Crippen molar-refractivity contribution in [2.45, 2.75) is 12.8 Å². The van der Waals surface area contributed by atoms with Crippen molar-refractivity contribution in [1.82, 2.24) is 0 Å². The minimum Gasteiger partial charge on any atom is -0.399 e. The summed E-state index contributed by atoms with van der Waals surface area (Å²) in [6.07, 6.45) is 0.560. The zero-order valence-corrected chi connectivity index (χ0v) is 12.6. The van der Waals surface area contributed by atoms with Crippen LogP contribution in [0.25, 0.3) is 0 Å². The Morgan fingerprint density at radius 1 is 1.19 bits per heavy atom. The standard InChI is InChI=1S/C15H13BrF2N2O/c16-10-7-12(18)14(8-11(10)17)20-15(21)6-5-9-3-1-2-4-13(9)19/h1-4,7-8H,5-6,19H2,(H,20,21). The van der Waals surface area contributed by atoms with Gasteiger partial charge in [-0.3, -0.25) is 4.79 Å². The van der Waals surface area contributed by atoms with Gasteiger partial charge in [-0.1, -0.05) is 18.2 Å². The molecule has 3 nitrogen and oxygen atoms in total. The summed E-state index contributed by atoms with van der Waals surface area (Å²) in [4.78, 5) is 11.8. The first-order chi connectivity index (χ1) is 9.97. The Morgan fingerprint density at radius 3 is 2.62 bits per heavy atom. The lowest BCUT2D eigenvalue weighted by Crippen LogP contribution is -2.14. The van der Waals surface area contributed by atoms with E-state index in [4.69, 9.17) is 5.73 Å². The number of rotatable bonds is 4. The maximum absolute atomic E-state index is 13.6. The molecule has 0 fully saturated rings. The highest BCUT2D eigenvalue weighted by Crippen LogP contribution is 2.23. The smallest absolute Gasteiger partial charge is 0.224 e. The number of benzene rings is 2. The van der Waals surface area contributed by atoms with Crippen molar-refractivity contribution >= 4 is 33.2 Å². The number of anilines is 2. The van der Waals surface area contributed by atoms with Crippen LogP contribution in [0.5, 0.6) is 0 Å². The number of halogens is 3. The van der Waals surface area contributed by atoms with E-state index in [1.165, 1.54) is 0 Å². The molecule has 0 spiro atoms. The Hall–Kier alpha value is -1.95. The maximum atomic E-state index is 13.6. The van der Waals surface area contributed by atoms with Crippen molar-refractivity contribution in [2.24, 2.45) is 0 Å². The quantitative estimate of drug-likeness (QED) is 0.646. The van der Waals surface area contributed by atoms with E-state index in [0.29, 0.717) is 12.1 Å². The van der Waals surface area contributed by atoms with E-state index in [0.717, 1.165) is 17.7 Å². The molecule has 0 radical (unpaired) electrons. The molecule has 0 saturated heterocycles. The average Bonchev–Trinajstić information content (AvgIpc) is 2.44. The van der Waals surface area contributed by atoms with Crippen LogP contribution >= 0.6 is 15.9 Å². The van der Waals surface area contributed by atoms with Gasteiger partial charge in [0.25, 0.3) is 0 Å². The SMILES string of the molecule is Nc1ccccc1CCC(=O)Nc1cc(F)c(Br)cc1F. The molecule has 1 amide bonds. The third kappa shape index (κ3) is 4.01. The van der Waals surface area contributed by atoms with Crippen molar-refractivity contribution in [3.63, 3.8) is 0 Å². The number of aryl methyl sites for hydroxylation is 1. The lowest BCUT2D eigenvalue weighted by molar-refractivity contribution is -0.116. The van der Waals surface area contributed by atoms with Crippen molar-refractivity contribution in [1.29, 1.82) is 0 Å². The average molecular weight is 355 g/mol. The van der Waals surface area contributed by atoms with E-state index >= 15 is 0 Å². The zero-order valence-electron chi connectivity index (χ0n) is 11.0. The van der Waals surface area contributed by atoms with Crippen molar-refractivity contribution in [2.75, 3.05) is 11.1 Å². The van der Waals surface area contributed by atoms with Crippen LogP contribution in [0.4, 0.5) is 20.2 Å². The van der Waals surface area contributed by atoms with Crippen LogP contribution in [0, 0.1) is 11.6 Å². The van der Waals surface area contributed by atoms with Crippen molar-refractivity contribution < 1.29 is 13.6 Å². The number of hydrogen-bond acceptors (Lipinski definition) is 2. The van der Waals surface area contributed by atoms with Crippen LogP contribution in [0.1, 0.15) is 12.0 Å². The van der Waals surface area contributed by atoms with Crippen molar-refractivity contribution in [3.8, 4) is 0 Å². The third-order valence-electron chi connectivity index (χ3n) is 2.96. The fourth-order valence-corrected chi connectivity index (χ4v) is 2.16. The summed E-state index contributed by atoms with van der Waals surface area (Å²) in [5.74, 6) is -1.74. The lowest BCUT2D eigenvalue weighted by atomic mass is 10.1. The Bertz CT molecular complexity index is 677. The van der Waals surface area contributed by atoms with Crippen LogP contribution < -0.4 is 11.1 Å². The second-order valence-electron chi connectivity index (χ2n) is 4.49. The predicted molar refractivity (Wildman–Crippen MR) is 81.9 cm³/mol. The summed E-state index contributed by atoms with van der Waals surface area (Å²) in [5.41, 5.74) is 7.04. The summed E-state index contributed by atoms with van der Waals surface area (Å²) in [7, 11) is 0. The minimum atomic E-state index is -0.698. The molecular weight excluding hydrogens is 342 g/mol. The highest BCUT2D eigenvalue weighted by Gasteiger charge is 2.11. The molecule has 0 atom stereocenters. The van der Waals surface area contributed by atoms with Crippen LogP contribution in [0.15, 0.2) is 40.9 Å². The molecule has 0 unspecified atom stereocenters. The summed E-state index contributed by atoms with van der Waals surface area (Å²) in [6, 6.07) is 9.11. The summed E-state index contributed by atoms with van der Waals surface area (Å²) >= 11 is 2.87. The maximum Gasteiger partial charge on any atom is 0.224 e. The molecular formula is C15H13BrF2N2O. The number of nitrogens with two attached hydrogens (primary N) is 1. The first-order valence-corrected chi connectivity index (χ1v) is 7.04. The number of carbonyl (C=O) groups is 1. The zero-order chi connectivity index (χ0) is 15.4. The van der Waals surface area contributed by atoms with Crippen LogP contribution in [-0.4, -0.2) is 5.91 Å². The molecule has 3 N–H and O–H groups in total. The van der Waals surface area contributed by atoms with E-state index in [-0.39, 0.29) is 16.6 Å². The molecule has 0 aliphatic rings. The molecule has 0 aliphatic heterocycles. The summed E-state index contributed by atoms with van der Waals surface area (Å²) in [5, 5.41) is 2.35. The Morgan fingerprint density at radius 2 is 1.90 bits per heavy atom. The molecule has 2 aromatic rings. The highest BCUT2D eigenvalue weighted by atomic mass is 79.9. The number of nitrogen functional groups attached to an aromatic ring is 1. The number of hydrogen-bond donors (Lipinski definition) is 2. The Labute approximate surface area is 129 Å².